The molecule has 0 spiro atoms. The van der Waals surface area contributed by atoms with E-state index >= 15 is 0 Å². The lowest BCUT2D eigenvalue weighted by Crippen LogP contribution is -2.38. The molecule has 1 aliphatic heterocycles. The van der Waals surface area contributed by atoms with Crippen LogP contribution < -0.4 is 4.74 Å². The number of benzene rings is 1. The quantitative estimate of drug-likeness (QED) is 0.680. The second-order valence-electron chi connectivity index (χ2n) is 8.28. The van der Waals surface area contributed by atoms with Crippen molar-refractivity contribution < 1.29 is 19.3 Å². The van der Waals surface area contributed by atoms with E-state index < -0.39 is 0 Å². The van der Waals surface area contributed by atoms with Gasteiger partial charge in [0.05, 0.1) is 0 Å². The summed E-state index contributed by atoms with van der Waals surface area (Å²) in [4.78, 5) is 2.45. The van der Waals surface area contributed by atoms with E-state index in [4.69, 9.17) is 4.74 Å². The standard InChI is InChI=1S/C23H31FN2O3/c24-17-7-9-18(10-8-17)29-19-11-15-25(16-12-19)13-3-4-14-26-22(27)20-5-1-2-6-21(20)23(26)28/h7-10,19,27-28H,1-6,11-16H2. The molecule has 1 saturated heterocycles. The number of hydrogen-bond acceptors (Lipinski definition) is 4. The summed E-state index contributed by atoms with van der Waals surface area (Å²) in [5.74, 6) is 1.04. The van der Waals surface area contributed by atoms with Gasteiger partial charge in [-0.05, 0) is 82.2 Å². The molecule has 2 N–H and O–H groups in total. The zero-order valence-corrected chi connectivity index (χ0v) is 16.9. The molecule has 6 heteroatoms. The number of nitrogens with zero attached hydrogens (tertiary/aromatic N) is 2. The lowest BCUT2D eigenvalue weighted by molar-refractivity contribution is 0.0993. The van der Waals surface area contributed by atoms with Gasteiger partial charge < -0.3 is 19.8 Å². The Balaban J connectivity index is 1.18. The number of aromatic hydroxyl groups is 2. The van der Waals surface area contributed by atoms with E-state index in [1.165, 1.54) is 12.1 Å². The number of hydrogen-bond donors (Lipinski definition) is 2. The lowest BCUT2D eigenvalue weighted by atomic mass is 9.95. The summed E-state index contributed by atoms with van der Waals surface area (Å²) in [7, 11) is 0. The third-order valence-corrected chi connectivity index (χ3v) is 6.28. The van der Waals surface area contributed by atoms with E-state index in [0.717, 1.165) is 87.9 Å². The first-order valence-corrected chi connectivity index (χ1v) is 10.9. The van der Waals surface area contributed by atoms with Crippen LogP contribution in [0.3, 0.4) is 0 Å². The molecule has 5 nitrogen and oxygen atoms in total. The monoisotopic (exact) mass is 402 g/mol. The van der Waals surface area contributed by atoms with Crippen LogP contribution in [0.25, 0.3) is 0 Å². The van der Waals surface area contributed by atoms with Gasteiger partial charge in [-0.1, -0.05) is 0 Å². The highest BCUT2D eigenvalue weighted by Crippen LogP contribution is 2.38. The lowest BCUT2D eigenvalue weighted by Gasteiger charge is -2.32. The Labute approximate surface area is 171 Å². The molecular formula is C23H31FN2O3. The summed E-state index contributed by atoms with van der Waals surface area (Å²) < 4.78 is 20.6. The predicted octanol–water partition coefficient (Wildman–Crippen LogP) is 4.24. The van der Waals surface area contributed by atoms with Gasteiger partial charge in [0.15, 0.2) is 11.8 Å². The van der Waals surface area contributed by atoms with E-state index in [-0.39, 0.29) is 23.7 Å². The summed E-state index contributed by atoms with van der Waals surface area (Å²) in [6.45, 7) is 3.68. The fourth-order valence-corrected chi connectivity index (χ4v) is 4.60. The van der Waals surface area contributed by atoms with Crippen LogP contribution in [0.5, 0.6) is 17.5 Å². The minimum atomic E-state index is -0.242. The first-order valence-electron chi connectivity index (χ1n) is 10.9. The molecule has 0 amide bonds. The highest BCUT2D eigenvalue weighted by atomic mass is 19.1. The van der Waals surface area contributed by atoms with Crippen molar-refractivity contribution in [3.63, 3.8) is 0 Å². The number of piperidine rings is 1. The van der Waals surface area contributed by atoms with Gasteiger partial charge in [-0.25, -0.2) is 4.39 Å². The van der Waals surface area contributed by atoms with Crippen molar-refractivity contribution in [2.45, 2.75) is 64.0 Å². The number of rotatable bonds is 7. The Morgan fingerprint density at radius 3 is 2.10 bits per heavy atom. The Hall–Kier alpha value is -2.21. The van der Waals surface area contributed by atoms with Gasteiger partial charge in [-0.2, -0.15) is 0 Å². The van der Waals surface area contributed by atoms with Crippen molar-refractivity contribution >= 4 is 0 Å². The van der Waals surface area contributed by atoms with Crippen LogP contribution in [-0.4, -0.2) is 45.4 Å². The average Bonchev–Trinajstić information content (AvgIpc) is 2.99. The summed E-state index contributed by atoms with van der Waals surface area (Å²) in [6, 6.07) is 6.24. The zero-order chi connectivity index (χ0) is 20.2. The number of unbranched alkanes of at least 4 members (excludes halogenated alkanes) is 1. The van der Waals surface area contributed by atoms with Crippen LogP contribution >= 0.6 is 0 Å². The summed E-state index contributed by atoms with van der Waals surface area (Å²) in [5.41, 5.74) is 1.91. The van der Waals surface area contributed by atoms with Crippen LogP contribution in [0, 0.1) is 5.82 Å². The number of likely N-dealkylation sites (tertiary alicyclic amines) is 1. The molecule has 0 unspecified atom stereocenters. The maximum Gasteiger partial charge on any atom is 0.197 e. The molecule has 2 heterocycles. The van der Waals surface area contributed by atoms with Gasteiger partial charge in [0.25, 0.3) is 0 Å². The molecule has 29 heavy (non-hydrogen) atoms. The van der Waals surface area contributed by atoms with Gasteiger partial charge >= 0.3 is 0 Å². The van der Waals surface area contributed by atoms with E-state index in [9.17, 15) is 14.6 Å². The average molecular weight is 403 g/mol. The van der Waals surface area contributed by atoms with Crippen molar-refractivity contribution in [1.82, 2.24) is 9.47 Å². The molecule has 0 bridgehead atoms. The minimum absolute atomic E-state index is 0.191. The van der Waals surface area contributed by atoms with E-state index in [2.05, 4.69) is 4.90 Å². The summed E-state index contributed by atoms with van der Waals surface area (Å²) in [6.07, 6.45) is 8.03. The molecule has 2 aliphatic rings. The molecule has 0 radical (unpaired) electrons. The Bertz CT molecular complexity index is 781. The fourth-order valence-electron chi connectivity index (χ4n) is 4.60. The highest BCUT2D eigenvalue weighted by molar-refractivity contribution is 5.46. The molecule has 1 aromatic heterocycles. The first-order chi connectivity index (χ1) is 14.1. The van der Waals surface area contributed by atoms with Crippen molar-refractivity contribution in [3.05, 3.63) is 41.2 Å². The van der Waals surface area contributed by atoms with Crippen molar-refractivity contribution in [2.24, 2.45) is 0 Å². The largest absolute Gasteiger partial charge is 0.494 e. The molecule has 0 atom stereocenters. The number of ether oxygens (including phenoxy) is 1. The first kappa shape index (κ1) is 20.1. The van der Waals surface area contributed by atoms with Crippen LogP contribution in [0.15, 0.2) is 24.3 Å². The third-order valence-electron chi connectivity index (χ3n) is 6.28. The van der Waals surface area contributed by atoms with Gasteiger partial charge in [-0.15, -0.1) is 0 Å². The van der Waals surface area contributed by atoms with E-state index in [0.29, 0.717) is 6.54 Å². The molecule has 158 valence electrons. The predicted molar refractivity (Wildman–Crippen MR) is 110 cm³/mol. The maximum atomic E-state index is 13.0. The van der Waals surface area contributed by atoms with E-state index in [1.807, 2.05) is 0 Å². The van der Waals surface area contributed by atoms with Gasteiger partial charge in [0.2, 0.25) is 0 Å². The fraction of sp³-hybridized carbons (Fsp3) is 0.565. The number of aromatic nitrogens is 1. The summed E-state index contributed by atoms with van der Waals surface area (Å²) in [5, 5.41) is 20.9. The zero-order valence-electron chi connectivity index (χ0n) is 16.9. The number of fused-ring (bicyclic) bond motifs is 1. The molecule has 1 aliphatic carbocycles. The van der Waals surface area contributed by atoms with Crippen molar-refractivity contribution in [2.75, 3.05) is 19.6 Å². The highest BCUT2D eigenvalue weighted by Gasteiger charge is 2.24. The smallest absolute Gasteiger partial charge is 0.197 e. The molecule has 0 saturated carbocycles. The Morgan fingerprint density at radius 1 is 0.897 bits per heavy atom. The SMILES string of the molecule is Oc1c2c(c(O)n1CCCCN1CCC(Oc3ccc(F)cc3)CC1)CCCC2. The minimum Gasteiger partial charge on any atom is -0.494 e. The molecule has 1 fully saturated rings. The number of halogens is 1. The van der Waals surface area contributed by atoms with E-state index in [1.54, 1.807) is 16.7 Å². The van der Waals surface area contributed by atoms with Crippen LogP contribution in [0.1, 0.15) is 49.7 Å². The van der Waals surface area contributed by atoms with Crippen molar-refractivity contribution in [1.29, 1.82) is 0 Å². The third kappa shape index (κ3) is 4.69. The summed E-state index contributed by atoms with van der Waals surface area (Å²) >= 11 is 0. The van der Waals surface area contributed by atoms with Gasteiger partial charge in [0, 0.05) is 30.8 Å². The van der Waals surface area contributed by atoms with Crippen molar-refractivity contribution in [3.8, 4) is 17.5 Å². The van der Waals surface area contributed by atoms with Crippen LogP contribution in [0.4, 0.5) is 4.39 Å². The molecule has 4 rings (SSSR count). The Morgan fingerprint density at radius 2 is 1.48 bits per heavy atom. The van der Waals surface area contributed by atoms with Crippen LogP contribution in [-0.2, 0) is 19.4 Å². The second kappa shape index (κ2) is 9.08. The topological polar surface area (TPSA) is 57.9 Å². The Kier molecular flexibility index (Phi) is 6.28. The van der Waals surface area contributed by atoms with Gasteiger partial charge in [0.1, 0.15) is 17.7 Å². The maximum absolute atomic E-state index is 13.0. The molecule has 1 aromatic carbocycles. The molecule has 2 aromatic rings. The normalized spacial score (nSPS) is 18.0. The second-order valence-corrected chi connectivity index (χ2v) is 8.28. The molecular weight excluding hydrogens is 371 g/mol. The van der Waals surface area contributed by atoms with Gasteiger partial charge in [-0.3, -0.25) is 4.57 Å². The van der Waals surface area contributed by atoms with Crippen LogP contribution in [0.2, 0.25) is 0 Å².